The van der Waals surface area contributed by atoms with Gasteiger partial charge in [-0.25, -0.2) is 13.9 Å². The average molecular weight is 397 g/mol. The number of amides is 1. The van der Waals surface area contributed by atoms with Gasteiger partial charge in [-0.15, -0.1) is 0 Å². The Hall–Kier alpha value is -1.93. The van der Waals surface area contributed by atoms with Crippen molar-refractivity contribution in [1.29, 1.82) is 0 Å². The summed E-state index contributed by atoms with van der Waals surface area (Å²) in [6.45, 7) is 3.56. The fourth-order valence-electron chi connectivity index (χ4n) is 2.44. The van der Waals surface area contributed by atoms with Gasteiger partial charge in [-0.3, -0.25) is 10.0 Å². The van der Waals surface area contributed by atoms with Crippen LogP contribution in [0.5, 0.6) is 0 Å². The van der Waals surface area contributed by atoms with E-state index in [1.807, 2.05) is 19.1 Å². The van der Waals surface area contributed by atoms with Crippen LogP contribution in [0.25, 0.3) is 11.1 Å². The number of sulfonamides is 1. The molecule has 0 spiro atoms. The molecule has 2 atom stereocenters. The first kappa shape index (κ1) is 20.4. The summed E-state index contributed by atoms with van der Waals surface area (Å²) < 4.78 is 27.5. The van der Waals surface area contributed by atoms with Crippen molar-refractivity contribution < 1.29 is 18.4 Å². The predicted octanol–water partition coefficient (Wildman–Crippen LogP) is 3.21. The van der Waals surface area contributed by atoms with Gasteiger partial charge < -0.3 is 0 Å². The fourth-order valence-corrected chi connectivity index (χ4v) is 3.87. The summed E-state index contributed by atoms with van der Waals surface area (Å²) in [6, 6.07) is 12.4. The third-order valence-electron chi connectivity index (χ3n) is 4.23. The molecule has 6 nitrogen and oxygen atoms in total. The Morgan fingerprint density at radius 1 is 1.08 bits per heavy atom. The van der Waals surface area contributed by atoms with Gasteiger partial charge in [0.2, 0.25) is 10.0 Å². The standard InChI is InChI=1S/C18H21ClN2O4S/c1-3-12(2)17(18(22)20-23)21-26(24,25)16-10-6-14(7-11-16)13-4-8-15(19)9-5-13/h4-12,17,21,23H,3H2,1-2H3,(H,20,22)/t12-,17-/m0/s1. The zero-order valence-corrected chi connectivity index (χ0v) is 16.0. The molecule has 0 saturated heterocycles. The second kappa shape index (κ2) is 8.64. The molecule has 8 heteroatoms. The SMILES string of the molecule is CC[C@H](C)[C@H](NS(=O)(=O)c1ccc(-c2ccc(Cl)cc2)cc1)C(=O)NO. The molecule has 0 unspecified atom stereocenters. The lowest BCUT2D eigenvalue weighted by Crippen LogP contribution is -2.49. The van der Waals surface area contributed by atoms with Crippen LogP contribution in [0, 0.1) is 5.92 Å². The van der Waals surface area contributed by atoms with Crippen LogP contribution in [-0.2, 0) is 14.8 Å². The highest BCUT2D eigenvalue weighted by Gasteiger charge is 2.29. The first-order chi connectivity index (χ1) is 12.3. The van der Waals surface area contributed by atoms with Crippen molar-refractivity contribution in [2.75, 3.05) is 0 Å². The molecule has 0 aliphatic rings. The zero-order valence-electron chi connectivity index (χ0n) is 14.4. The Balaban J connectivity index is 2.25. The van der Waals surface area contributed by atoms with Crippen LogP contribution in [0.2, 0.25) is 5.02 Å². The van der Waals surface area contributed by atoms with E-state index in [1.165, 1.54) is 17.6 Å². The summed E-state index contributed by atoms with van der Waals surface area (Å²) in [5, 5.41) is 9.48. The van der Waals surface area contributed by atoms with Gasteiger partial charge in [-0.2, -0.15) is 4.72 Å². The summed E-state index contributed by atoms with van der Waals surface area (Å²) in [5.41, 5.74) is 3.26. The Bertz CT molecular complexity index is 852. The van der Waals surface area contributed by atoms with Crippen molar-refractivity contribution in [1.82, 2.24) is 10.2 Å². The van der Waals surface area contributed by atoms with Crippen molar-refractivity contribution in [2.24, 2.45) is 5.92 Å². The zero-order chi connectivity index (χ0) is 19.3. The van der Waals surface area contributed by atoms with Gasteiger partial charge in [0.05, 0.1) is 4.90 Å². The second-order valence-corrected chi connectivity index (χ2v) is 8.14. The van der Waals surface area contributed by atoms with Crippen LogP contribution in [-0.4, -0.2) is 25.6 Å². The maximum absolute atomic E-state index is 12.6. The molecule has 0 heterocycles. The molecule has 0 aliphatic heterocycles. The van der Waals surface area contributed by atoms with Gasteiger partial charge >= 0.3 is 0 Å². The normalized spacial score (nSPS) is 13.8. The minimum absolute atomic E-state index is 0.0363. The molecule has 0 radical (unpaired) electrons. The van der Waals surface area contributed by atoms with Crippen LogP contribution in [0.15, 0.2) is 53.4 Å². The second-order valence-electron chi connectivity index (χ2n) is 5.99. The Kier molecular flexibility index (Phi) is 6.77. The van der Waals surface area contributed by atoms with Crippen molar-refractivity contribution >= 4 is 27.5 Å². The van der Waals surface area contributed by atoms with Gasteiger partial charge in [0.25, 0.3) is 5.91 Å². The highest BCUT2D eigenvalue weighted by molar-refractivity contribution is 7.89. The number of carbonyl (C=O) groups excluding carboxylic acids is 1. The van der Waals surface area contributed by atoms with E-state index in [2.05, 4.69) is 4.72 Å². The van der Waals surface area contributed by atoms with E-state index in [9.17, 15) is 13.2 Å². The topological polar surface area (TPSA) is 95.5 Å². The molecule has 0 bridgehead atoms. The number of hydroxylamine groups is 1. The summed E-state index contributed by atoms with van der Waals surface area (Å²) in [5.74, 6) is -1.08. The Labute approximate surface area is 158 Å². The number of hydrogen-bond acceptors (Lipinski definition) is 4. The van der Waals surface area contributed by atoms with E-state index in [1.54, 1.807) is 31.2 Å². The van der Waals surface area contributed by atoms with Crippen molar-refractivity contribution in [2.45, 2.75) is 31.2 Å². The quantitative estimate of drug-likeness (QED) is 0.494. The average Bonchev–Trinajstić information content (AvgIpc) is 2.65. The lowest BCUT2D eigenvalue weighted by Gasteiger charge is -2.22. The molecule has 0 saturated carbocycles. The molecule has 0 aromatic heterocycles. The molecule has 1 amide bonds. The molecule has 2 aromatic rings. The van der Waals surface area contributed by atoms with E-state index in [0.717, 1.165) is 11.1 Å². The summed E-state index contributed by atoms with van der Waals surface area (Å²) in [7, 11) is -3.92. The molecule has 3 N–H and O–H groups in total. The van der Waals surface area contributed by atoms with E-state index < -0.39 is 22.0 Å². The number of benzene rings is 2. The summed E-state index contributed by atoms with van der Waals surface area (Å²) >= 11 is 5.87. The number of hydrogen-bond donors (Lipinski definition) is 3. The smallest absolute Gasteiger partial charge is 0.261 e. The molecule has 2 rings (SSSR count). The largest absolute Gasteiger partial charge is 0.289 e. The first-order valence-electron chi connectivity index (χ1n) is 8.10. The van der Waals surface area contributed by atoms with Crippen LogP contribution in [0.3, 0.4) is 0 Å². The van der Waals surface area contributed by atoms with Crippen molar-refractivity contribution in [3.8, 4) is 11.1 Å². The van der Waals surface area contributed by atoms with Gasteiger partial charge in [0.1, 0.15) is 6.04 Å². The minimum Gasteiger partial charge on any atom is -0.289 e. The molecule has 0 aliphatic carbocycles. The number of halogens is 1. The molecule has 0 fully saturated rings. The van der Waals surface area contributed by atoms with Crippen LogP contribution >= 0.6 is 11.6 Å². The van der Waals surface area contributed by atoms with Gasteiger partial charge in [0, 0.05) is 5.02 Å². The Morgan fingerprint density at radius 3 is 2.04 bits per heavy atom. The highest BCUT2D eigenvalue weighted by Crippen LogP contribution is 2.23. The molecule has 140 valence electrons. The van der Waals surface area contributed by atoms with Crippen LogP contribution in [0.4, 0.5) is 0 Å². The van der Waals surface area contributed by atoms with Crippen LogP contribution in [0.1, 0.15) is 20.3 Å². The Morgan fingerprint density at radius 2 is 1.58 bits per heavy atom. The fraction of sp³-hybridized carbons (Fsp3) is 0.278. The maximum atomic E-state index is 12.6. The minimum atomic E-state index is -3.92. The van der Waals surface area contributed by atoms with E-state index in [4.69, 9.17) is 16.8 Å². The highest BCUT2D eigenvalue weighted by atomic mass is 35.5. The molecular weight excluding hydrogens is 376 g/mol. The lowest BCUT2D eigenvalue weighted by molar-refractivity contribution is -0.132. The predicted molar refractivity (Wildman–Crippen MR) is 100 cm³/mol. The van der Waals surface area contributed by atoms with Gasteiger partial charge in [-0.1, -0.05) is 56.1 Å². The first-order valence-corrected chi connectivity index (χ1v) is 9.97. The molecule has 26 heavy (non-hydrogen) atoms. The van der Waals surface area contributed by atoms with Gasteiger partial charge in [-0.05, 0) is 41.3 Å². The summed E-state index contributed by atoms with van der Waals surface area (Å²) in [4.78, 5) is 11.8. The van der Waals surface area contributed by atoms with E-state index in [-0.39, 0.29) is 10.8 Å². The summed E-state index contributed by atoms with van der Waals surface area (Å²) in [6.07, 6.45) is 0.566. The molecular formula is C18H21ClN2O4S. The van der Waals surface area contributed by atoms with E-state index in [0.29, 0.717) is 11.4 Å². The monoisotopic (exact) mass is 396 g/mol. The molecule has 2 aromatic carbocycles. The number of carbonyl (C=O) groups is 1. The third kappa shape index (κ3) is 4.82. The van der Waals surface area contributed by atoms with Crippen molar-refractivity contribution in [3.63, 3.8) is 0 Å². The number of nitrogens with one attached hydrogen (secondary N) is 2. The van der Waals surface area contributed by atoms with Crippen LogP contribution < -0.4 is 10.2 Å². The van der Waals surface area contributed by atoms with Gasteiger partial charge in [0.15, 0.2) is 0 Å². The maximum Gasteiger partial charge on any atom is 0.261 e. The lowest BCUT2D eigenvalue weighted by atomic mass is 10.00. The third-order valence-corrected chi connectivity index (χ3v) is 5.94. The number of rotatable bonds is 7. The van der Waals surface area contributed by atoms with E-state index >= 15 is 0 Å². The van der Waals surface area contributed by atoms with Crippen molar-refractivity contribution in [3.05, 3.63) is 53.6 Å².